The molecule has 0 bridgehead atoms. The van der Waals surface area contributed by atoms with Gasteiger partial charge in [-0.2, -0.15) is 5.26 Å². The van der Waals surface area contributed by atoms with Gasteiger partial charge in [-0.25, -0.2) is 0 Å². The van der Waals surface area contributed by atoms with E-state index >= 15 is 0 Å². The number of nitriles is 1. The Morgan fingerprint density at radius 1 is 1.23 bits per heavy atom. The number of nitrogens with one attached hydrogen (secondary N) is 3. The zero-order valence-corrected chi connectivity index (χ0v) is 16.6. The van der Waals surface area contributed by atoms with Crippen molar-refractivity contribution in [2.75, 3.05) is 18.4 Å². The largest absolute Gasteiger partial charge is 0.376 e. The molecule has 2 amide bonds. The van der Waals surface area contributed by atoms with E-state index in [2.05, 4.69) is 22.0 Å². The third kappa shape index (κ3) is 6.07. The van der Waals surface area contributed by atoms with Crippen molar-refractivity contribution in [1.29, 1.82) is 5.26 Å². The number of nitrogens with zero attached hydrogens (tertiary/aromatic N) is 1. The highest BCUT2D eigenvalue weighted by Gasteiger charge is 2.29. The number of amides is 2. The molecule has 0 spiro atoms. The van der Waals surface area contributed by atoms with E-state index < -0.39 is 5.54 Å². The quantitative estimate of drug-likeness (QED) is 0.666. The Hall–Kier alpha value is -2.55. The average molecular weight is 358 g/mol. The summed E-state index contributed by atoms with van der Waals surface area (Å²) in [6.07, 6.45) is 0. The van der Waals surface area contributed by atoms with Gasteiger partial charge in [-0.05, 0) is 49.4 Å². The first kappa shape index (κ1) is 21.5. The fourth-order valence-electron chi connectivity index (χ4n) is 2.21. The van der Waals surface area contributed by atoms with Crippen molar-refractivity contribution in [3.8, 4) is 6.07 Å². The molecular weight excluding hydrogens is 328 g/mol. The standard InChI is InChI=1S/C20H30N4O2/c1-13(2)10-23-19(26)16-7-8-17(15(5)9-16)22-11-18(25)24-20(6,12-21)14(3)4/h7-9,13-14,22H,10-11H2,1-6H3,(H,23,26)(H,24,25)/t20-/m1/s1. The van der Waals surface area contributed by atoms with Gasteiger partial charge in [0.2, 0.25) is 5.91 Å². The summed E-state index contributed by atoms with van der Waals surface area (Å²) >= 11 is 0. The number of hydrogen-bond donors (Lipinski definition) is 3. The molecule has 0 fully saturated rings. The van der Waals surface area contributed by atoms with Crippen LogP contribution in [0, 0.1) is 30.1 Å². The predicted molar refractivity (Wildman–Crippen MR) is 104 cm³/mol. The lowest BCUT2D eigenvalue weighted by Crippen LogP contribution is -2.50. The number of anilines is 1. The van der Waals surface area contributed by atoms with E-state index in [1.807, 2.05) is 34.6 Å². The third-order valence-corrected chi connectivity index (χ3v) is 4.38. The second-order valence-corrected chi connectivity index (χ2v) is 7.50. The number of aryl methyl sites for hydroxylation is 1. The van der Waals surface area contributed by atoms with Crippen molar-refractivity contribution >= 4 is 17.5 Å². The van der Waals surface area contributed by atoms with E-state index in [4.69, 9.17) is 0 Å². The molecule has 1 rings (SSSR count). The van der Waals surface area contributed by atoms with Gasteiger partial charge in [0.05, 0.1) is 12.6 Å². The monoisotopic (exact) mass is 358 g/mol. The number of benzene rings is 1. The Morgan fingerprint density at radius 2 is 1.88 bits per heavy atom. The lowest BCUT2D eigenvalue weighted by Gasteiger charge is -2.27. The molecular formula is C20H30N4O2. The topological polar surface area (TPSA) is 94.0 Å². The van der Waals surface area contributed by atoms with E-state index in [-0.39, 0.29) is 24.3 Å². The van der Waals surface area contributed by atoms with Crippen LogP contribution in [0.4, 0.5) is 5.69 Å². The van der Waals surface area contributed by atoms with Gasteiger partial charge in [0.15, 0.2) is 0 Å². The summed E-state index contributed by atoms with van der Waals surface area (Å²) in [7, 11) is 0. The lowest BCUT2D eigenvalue weighted by atomic mass is 9.90. The van der Waals surface area contributed by atoms with Crippen LogP contribution < -0.4 is 16.0 Å². The first-order valence-corrected chi connectivity index (χ1v) is 8.94. The summed E-state index contributed by atoms with van der Waals surface area (Å²) in [6, 6.07) is 7.47. The molecule has 0 heterocycles. The molecule has 26 heavy (non-hydrogen) atoms. The zero-order valence-electron chi connectivity index (χ0n) is 16.6. The normalized spacial score (nSPS) is 13.0. The molecule has 0 saturated carbocycles. The van der Waals surface area contributed by atoms with E-state index in [0.29, 0.717) is 18.0 Å². The minimum atomic E-state index is -0.897. The summed E-state index contributed by atoms with van der Waals surface area (Å²) in [5.74, 6) is 0.0416. The first-order chi connectivity index (χ1) is 12.1. The molecule has 0 aliphatic rings. The van der Waals surface area contributed by atoms with Crippen LogP contribution in [-0.2, 0) is 4.79 Å². The van der Waals surface area contributed by atoms with Crippen LogP contribution in [0.2, 0.25) is 0 Å². The fraction of sp³-hybridized carbons (Fsp3) is 0.550. The van der Waals surface area contributed by atoms with Gasteiger partial charge >= 0.3 is 0 Å². The first-order valence-electron chi connectivity index (χ1n) is 8.94. The van der Waals surface area contributed by atoms with Crippen LogP contribution in [0.25, 0.3) is 0 Å². The van der Waals surface area contributed by atoms with E-state index in [1.54, 1.807) is 25.1 Å². The molecule has 0 saturated heterocycles. The second-order valence-electron chi connectivity index (χ2n) is 7.50. The number of hydrogen-bond acceptors (Lipinski definition) is 4. The van der Waals surface area contributed by atoms with Crippen LogP contribution in [-0.4, -0.2) is 30.4 Å². The molecule has 0 aliphatic carbocycles. The molecule has 1 aromatic carbocycles. The van der Waals surface area contributed by atoms with Crippen molar-refractivity contribution in [3.63, 3.8) is 0 Å². The van der Waals surface area contributed by atoms with Gasteiger partial charge in [-0.1, -0.05) is 27.7 Å². The minimum Gasteiger partial charge on any atom is -0.376 e. The van der Waals surface area contributed by atoms with Crippen LogP contribution in [0.5, 0.6) is 0 Å². The fourth-order valence-corrected chi connectivity index (χ4v) is 2.21. The lowest BCUT2D eigenvalue weighted by molar-refractivity contribution is -0.121. The van der Waals surface area contributed by atoms with Gasteiger partial charge in [-0.15, -0.1) is 0 Å². The average Bonchev–Trinajstić information content (AvgIpc) is 2.58. The van der Waals surface area contributed by atoms with Crippen molar-refractivity contribution in [2.24, 2.45) is 11.8 Å². The van der Waals surface area contributed by atoms with Crippen molar-refractivity contribution < 1.29 is 9.59 Å². The van der Waals surface area contributed by atoms with Gasteiger partial charge in [0.25, 0.3) is 5.91 Å². The highest BCUT2D eigenvalue weighted by molar-refractivity contribution is 5.95. The van der Waals surface area contributed by atoms with E-state index in [0.717, 1.165) is 11.3 Å². The molecule has 6 heteroatoms. The van der Waals surface area contributed by atoms with Crippen molar-refractivity contribution in [2.45, 2.75) is 47.1 Å². The zero-order chi connectivity index (χ0) is 19.9. The Bertz CT molecular complexity index is 692. The Labute approximate surface area is 156 Å². The molecule has 0 aliphatic heterocycles. The van der Waals surface area contributed by atoms with Crippen molar-refractivity contribution in [3.05, 3.63) is 29.3 Å². The molecule has 1 aromatic rings. The van der Waals surface area contributed by atoms with Gasteiger partial charge < -0.3 is 16.0 Å². The molecule has 0 aromatic heterocycles. The van der Waals surface area contributed by atoms with Crippen LogP contribution in [0.3, 0.4) is 0 Å². The van der Waals surface area contributed by atoms with Gasteiger partial charge in [0.1, 0.15) is 5.54 Å². The Kier molecular flexibility index (Phi) is 7.63. The Balaban J connectivity index is 2.68. The molecule has 6 nitrogen and oxygen atoms in total. The number of rotatable bonds is 8. The SMILES string of the molecule is Cc1cc(C(=O)NCC(C)C)ccc1NCC(=O)N[C@](C)(C#N)C(C)C. The molecule has 3 N–H and O–H groups in total. The summed E-state index contributed by atoms with van der Waals surface area (Å²) in [4.78, 5) is 24.2. The van der Waals surface area contributed by atoms with Crippen LogP contribution in [0.15, 0.2) is 18.2 Å². The Morgan fingerprint density at radius 3 is 2.38 bits per heavy atom. The van der Waals surface area contributed by atoms with Gasteiger partial charge in [0, 0.05) is 17.8 Å². The highest BCUT2D eigenvalue weighted by atomic mass is 16.2. The second kappa shape index (κ2) is 9.23. The van der Waals surface area contributed by atoms with E-state index in [1.165, 1.54) is 0 Å². The predicted octanol–water partition coefficient (Wildman–Crippen LogP) is 2.85. The summed E-state index contributed by atoms with van der Waals surface area (Å²) in [5.41, 5.74) is 1.35. The van der Waals surface area contributed by atoms with E-state index in [9.17, 15) is 14.9 Å². The van der Waals surface area contributed by atoms with Crippen LogP contribution in [0.1, 0.15) is 50.5 Å². The minimum absolute atomic E-state index is 0.00169. The molecule has 142 valence electrons. The maximum absolute atomic E-state index is 12.1. The molecule has 0 unspecified atom stereocenters. The van der Waals surface area contributed by atoms with Gasteiger partial charge in [-0.3, -0.25) is 9.59 Å². The maximum atomic E-state index is 12.1. The smallest absolute Gasteiger partial charge is 0.251 e. The molecule has 1 atom stereocenters. The third-order valence-electron chi connectivity index (χ3n) is 4.38. The maximum Gasteiger partial charge on any atom is 0.251 e. The highest BCUT2D eigenvalue weighted by Crippen LogP contribution is 2.17. The summed E-state index contributed by atoms with van der Waals surface area (Å²) in [6.45, 7) is 12.2. The van der Waals surface area contributed by atoms with Crippen molar-refractivity contribution in [1.82, 2.24) is 10.6 Å². The van der Waals surface area contributed by atoms with Crippen LogP contribution >= 0.6 is 0 Å². The number of carbonyl (C=O) groups is 2. The molecule has 0 radical (unpaired) electrons. The summed E-state index contributed by atoms with van der Waals surface area (Å²) < 4.78 is 0. The number of carbonyl (C=O) groups excluding carboxylic acids is 2. The summed E-state index contributed by atoms with van der Waals surface area (Å²) in [5, 5.41) is 18.0.